The molecule has 0 aromatic heterocycles. The van der Waals surface area contributed by atoms with Crippen LogP contribution in [0, 0.1) is 0 Å². The molecule has 1 rings (SSSR count). The molecule has 0 bridgehead atoms. The Bertz CT molecular complexity index is 233. The van der Waals surface area contributed by atoms with Crippen molar-refractivity contribution < 1.29 is 5.11 Å². The number of phenolic OH excluding ortho intramolecular Hbond substituents is 1. The zero-order valence-electron chi connectivity index (χ0n) is 5.96. The minimum Gasteiger partial charge on any atom is -0.507 e. The van der Waals surface area contributed by atoms with Gasteiger partial charge in [-0.25, -0.2) is 0 Å². The van der Waals surface area contributed by atoms with Gasteiger partial charge in [0, 0.05) is 5.30 Å². The summed E-state index contributed by atoms with van der Waals surface area (Å²) in [5.41, 5.74) is 1.17. The molecule has 1 atom stereocenters. The van der Waals surface area contributed by atoms with Crippen molar-refractivity contribution in [2.45, 2.75) is 13.3 Å². The average Bonchev–Trinajstić information content (AvgIpc) is 1.95. The van der Waals surface area contributed by atoms with Crippen molar-refractivity contribution in [1.82, 2.24) is 0 Å². The lowest BCUT2D eigenvalue weighted by Crippen LogP contribution is -1.91. The van der Waals surface area contributed by atoms with Crippen molar-refractivity contribution in [2.24, 2.45) is 0 Å². The minimum absolute atomic E-state index is 0.365. The molecule has 0 aliphatic heterocycles. The zero-order chi connectivity index (χ0) is 7.56. The molecule has 1 aromatic rings. The van der Waals surface area contributed by atoms with E-state index in [1.807, 2.05) is 12.1 Å². The first kappa shape index (κ1) is 7.56. The second kappa shape index (κ2) is 3.03. The summed E-state index contributed by atoms with van der Waals surface area (Å²) in [6.07, 6.45) is 0.971. The van der Waals surface area contributed by atoms with Gasteiger partial charge in [-0.1, -0.05) is 19.1 Å². The number of hydrogen-bond donors (Lipinski definition) is 1. The predicted octanol–water partition coefficient (Wildman–Crippen LogP) is 1.46. The maximum Gasteiger partial charge on any atom is 0.122 e. The molecule has 1 unspecified atom stereocenters. The van der Waals surface area contributed by atoms with Crippen LogP contribution in [0.2, 0.25) is 0 Å². The molecule has 0 saturated carbocycles. The lowest BCUT2D eigenvalue weighted by molar-refractivity contribution is 0.479. The summed E-state index contributed by atoms with van der Waals surface area (Å²) in [5.74, 6) is 0.365. The molecule has 0 fully saturated rings. The van der Waals surface area contributed by atoms with E-state index in [1.165, 1.54) is 5.56 Å². The van der Waals surface area contributed by atoms with E-state index in [9.17, 15) is 5.11 Å². The number of rotatable bonds is 1. The summed E-state index contributed by atoms with van der Waals surface area (Å²) in [5, 5.41) is 10.1. The first-order chi connectivity index (χ1) is 4.74. The first-order valence-corrected chi connectivity index (χ1v) is 3.89. The van der Waals surface area contributed by atoms with Crippen LogP contribution in [0.3, 0.4) is 0 Å². The van der Waals surface area contributed by atoms with E-state index in [0.29, 0.717) is 5.75 Å². The number of aromatic hydroxyl groups is 1. The van der Waals surface area contributed by atoms with Crippen LogP contribution in [-0.4, -0.2) is 5.11 Å². The smallest absolute Gasteiger partial charge is 0.122 e. The van der Waals surface area contributed by atoms with Gasteiger partial charge in [-0.2, -0.15) is 0 Å². The van der Waals surface area contributed by atoms with E-state index in [0.717, 1.165) is 11.7 Å². The number of aryl methyl sites for hydroxylation is 1. The Labute approximate surface area is 63.3 Å². The molecule has 1 nitrogen and oxygen atoms in total. The summed E-state index contributed by atoms with van der Waals surface area (Å²) in [4.78, 5) is 0. The van der Waals surface area contributed by atoms with Crippen LogP contribution in [0.1, 0.15) is 12.5 Å². The minimum atomic E-state index is 0.365. The Balaban J connectivity index is 3.04. The summed E-state index contributed by atoms with van der Waals surface area (Å²) >= 11 is 0. The lowest BCUT2D eigenvalue weighted by Gasteiger charge is -1.99. The van der Waals surface area contributed by atoms with E-state index in [2.05, 4.69) is 16.2 Å². The van der Waals surface area contributed by atoms with Gasteiger partial charge in [0.2, 0.25) is 0 Å². The highest BCUT2D eigenvalue weighted by Gasteiger charge is 1.94. The topological polar surface area (TPSA) is 20.2 Å². The van der Waals surface area contributed by atoms with Crippen LogP contribution in [0.5, 0.6) is 5.75 Å². The Morgan fingerprint density at radius 2 is 2.20 bits per heavy atom. The molecule has 1 aromatic carbocycles. The molecule has 0 amide bonds. The highest BCUT2D eigenvalue weighted by molar-refractivity contribution is 7.27. The normalized spacial score (nSPS) is 9.80. The first-order valence-electron chi connectivity index (χ1n) is 3.31. The van der Waals surface area contributed by atoms with Crippen LogP contribution in [0.15, 0.2) is 18.2 Å². The van der Waals surface area contributed by atoms with Crippen molar-refractivity contribution in [3.8, 4) is 5.75 Å². The van der Waals surface area contributed by atoms with E-state index < -0.39 is 0 Å². The fourth-order valence-electron chi connectivity index (χ4n) is 0.809. The molecule has 0 aliphatic rings. The quantitative estimate of drug-likeness (QED) is 0.607. The molecule has 0 heterocycles. The lowest BCUT2D eigenvalue weighted by atomic mass is 10.2. The van der Waals surface area contributed by atoms with Crippen LogP contribution in [0.25, 0.3) is 0 Å². The molecule has 0 spiro atoms. The van der Waals surface area contributed by atoms with E-state index in [1.54, 1.807) is 6.07 Å². The Morgan fingerprint density at radius 3 is 2.70 bits per heavy atom. The number of hydrogen-bond acceptors (Lipinski definition) is 1. The molecule has 0 radical (unpaired) electrons. The Hall–Kier alpha value is -0.550. The van der Waals surface area contributed by atoms with Gasteiger partial charge < -0.3 is 5.11 Å². The molecular formula is C8H11OP. The summed E-state index contributed by atoms with van der Waals surface area (Å²) < 4.78 is 0. The largest absolute Gasteiger partial charge is 0.507 e. The molecule has 54 valence electrons. The van der Waals surface area contributed by atoms with Gasteiger partial charge in [0.25, 0.3) is 0 Å². The van der Waals surface area contributed by atoms with Crippen LogP contribution in [0.4, 0.5) is 0 Å². The van der Waals surface area contributed by atoms with E-state index in [-0.39, 0.29) is 0 Å². The SMILES string of the molecule is CCc1ccc(P)c(O)c1. The van der Waals surface area contributed by atoms with Gasteiger partial charge in [0.15, 0.2) is 0 Å². The number of phenols is 1. The fraction of sp³-hybridized carbons (Fsp3) is 0.250. The van der Waals surface area contributed by atoms with Gasteiger partial charge in [-0.15, -0.1) is 9.24 Å². The predicted molar refractivity (Wildman–Crippen MR) is 46.8 cm³/mol. The number of benzene rings is 1. The van der Waals surface area contributed by atoms with Crippen molar-refractivity contribution >= 4 is 14.5 Å². The summed E-state index contributed by atoms with van der Waals surface area (Å²) in [7, 11) is 2.48. The molecule has 0 saturated heterocycles. The van der Waals surface area contributed by atoms with Crippen LogP contribution < -0.4 is 5.30 Å². The van der Waals surface area contributed by atoms with Crippen molar-refractivity contribution in [1.29, 1.82) is 0 Å². The molecule has 0 aliphatic carbocycles. The zero-order valence-corrected chi connectivity index (χ0v) is 7.12. The van der Waals surface area contributed by atoms with Gasteiger partial charge in [0.1, 0.15) is 5.75 Å². The second-order valence-corrected chi connectivity index (χ2v) is 2.87. The average molecular weight is 154 g/mol. The molecule has 1 N–H and O–H groups in total. The third-order valence-corrected chi connectivity index (χ3v) is 1.99. The molecule has 10 heavy (non-hydrogen) atoms. The summed E-state index contributed by atoms with van der Waals surface area (Å²) in [6.45, 7) is 2.07. The van der Waals surface area contributed by atoms with Crippen LogP contribution >= 0.6 is 9.24 Å². The Morgan fingerprint density at radius 1 is 1.50 bits per heavy atom. The van der Waals surface area contributed by atoms with Crippen molar-refractivity contribution in [2.75, 3.05) is 0 Å². The standard InChI is InChI=1S/C8H11OP/c1-2-6-3-4-8(10)7(9)5-6/h3-5,9H,2,10H2,1H3. The monoisotopic (exact) mass is 154 g/mol. The second-order valence-electron chi connectivity index (χ2n) is 2.25. The van der Waals surface area contributed by atoms with Crippen LogP contribution in [-0.2, 0) is 6.42 Å². The molecule has 2 heteroatoms. The van der Waals surface area contributed by atoms with E-state index >= 15 is 0 Å². The molecular weight excluding hydrogens is 143 g/mol. The van der Waals surface area contributed by atoms with E-state index in [4.69, 9.17) is 0 Å². The summed E-state index contributed by atoms with van der Waals surface area (Å²) in [6, 6.07) is 5.71. The van der Waals surface area contributed by atoms with Gasteiger partial charge in [0.05, 0.1) is 0 Å². The third kappa shape index (κ3) is 1.48. The van der Waals surface area contributed by atoms with Gasteiger partial charge >= 0.3 is 0 Å². The fourth-order valence-corrected chi connectivity index (χ4v) is 0.989. The van der Waals surface area contributed by atoms with Crippen molar-refractivity contribution in [3.05, 3.63) is 23.8 Å². The highest BCUT2D eigenvalue weighted by Crippen LogP contribution is 2.11. The maximum absolute atomic E-state index is 9.21. The van der Waals surface area contributed by atoms with Gasteiger partial charge in [-0.05, 0) is 18.1 Å². The van der Waals surface area contributed by atoms with Crippen molar-refractivity contribution in [3.63, 3.8) is 0 Å². The van der Waals surface area contributed by atoms with Gasteiger partial charge in [-0.3, -0.25) is 0 Å². The third-order valence-electron chi connectivity index (χ3n) is 1.50. The Kier molecular flexibility index (Phi) is 2.29. The maximum atomic E-state index is 9.21. The highest BCUT2D eigenvalue weighted by atomic mass is 31.0.